The molecule has 1 atom stereocenters. The third kappa shape index (κ3) is 5.02. The van der Waals surface area contributed by atoms with E-state index in [0.29, 0.717) is 0 Å². The summed E-state index contributed by atoms with van der Waals surface area (Å²) in [5.74, 6) is 0.155. The first-order chi connectivity index (χ1) is 5.20. The third-order valence-electron chi connectivity index (χ3n) is 0.928. The van der Waals surface area contributed by atoms with Crippen molar-refractivity contribution in [2.24, 2.45) is 21.6 Å². The highest BCUT2D eigenvalue weighted by Gasteiger charge is 1.89. The van der Waals surface area contributed by atoms with E-state index in [1.165, 1.54) is 12.4 Å². The average molecular weight is 152 g/mol. The highest BCUT2D eigenvalue weighted by molar-refractivity contribution is 5.91. The van der Waals surface area contributed by atoms with Gasteiger partial charge in [0, 0.05) is 24.5 Å². The van der Waals surface area contributed by atoms with E-state index in [2.05, 4.69) is 16.6 Å². The van der Waals surface area contributed by atoms with Crippen molar-refractivity contribution in [3.05, 3.63) is 12.8 Å². The largest absolute Gasteiger partial charge is 0.368 e. The van der Waals surface area contributed by atoms with Gasteiger partial charge in [-0.2, -0.15) is 0 Å². The first-order valence-electron chi connectivity index (χ1n) is 3.19. The van der Waals surface area contributed by atoms with E-state index in [-0.39, 0.29) is 11.9 Å². The summed E-state index contributed by atoms with van der Waals surface area (Å²) in [7, 11) is 0. The van der Waals surface area contributed by atoms with Crippen molar-refractivity contribution in [1.82, 2.24) is 0 Å². The molecule has 4 heteroatoms. The van der Waals surface area contributed by atoms with E-state index in [9.17, 15) is 0 Å². The van der Waals surface area contributed by atoms with E-state index in [1.54, 1.807) is 6.21 Å². The molecular weight excluding hydrogens is 140 g/mol. The Bertz CT molecular complexity index is 193. The number of hydrogen-bond donors (Lipinski definition) is 2. The quantitative estimate of drug-likeness (QED) is 0.455. The lowest BCUT2D eigenvalue weighted by molar-refractivity contribution is 1.10. The molecule has 1 unspecified atom stereocenters. The first kappa shape index (κ1) is 9.55. The van der Waals surface area contributed by atoms with Crippen LogP contribution in [-0.2, 0) is 0 Å². The zero-order valence-electron chi connectivity index (χ0n) is 6.49. The molecular formula is C7H12N4. The Morgan fingerprint density at radius 2 is 2.36 bits per heavy atom. The number of nitrogens with two attached hydrogens (primary N) is 1. The molecule has 11 heavy (non-hydrogen) atoms. The van der Waals surface area contributed by atoms with Crippen LogP contribution in [-0.4, -0.2) is 18.4 Å². The molecule has 0 amide bonds. The van der Waals surface area contributed by atoms with Crippen LogP contribution < -0.4 is 5.73 Å². The van der Waals surface area contributed by atoms with Crippen LogP contribution in [0, 0.1) is 11.3 Å². The molecule has 0 aliphatic heterocycles. The van der Waals surface area contributed by atoms with Gasteiger partial charge in [-0.3, -0.25) is 0 Å². The molecule has 60 valence electrons. The summed E-state index contributed by atoms with van der Waals surface area (Å²) < 4.78 is 0. The van der Waals surface area contributed by atoms with Gasteiger partial charge in [-0.05, 0) is 0 Å². The molecule has 0 aromatic heterocycles. The minimum atomic E-state index is -0.00596. The molecule has 4 nitrogen and oxygen atoms in total. The SMILES string of the molecule is C=C/N=C(N)\N=C/C(C)C=N. The van der Waals surface area contributed by atoms with Crippen LogP contribution in [0.1, 0.15) is 6.92 Å². The predicted octanol–water partition coefficient (Wildman–Crippen LogP) is 0.801. The Morgan fingerprint density at radius 3 is 2.82 bits per heavy atom. The van der Waals surface area contributed by atoms with E-state index in [4.69, 9.17) is 11.1 Å². The van der Waals surface area contributed by atoms with Gasteiger partial charge in [-0.25, -0.2) is 9.98 Å². The maximum Gasteiger partial charge on any atom is 0.219 e. The zero-order chi connectivity index (χ0) is 8.69. The molecule has 0 aromatic carbocycles. The highest BCUT2D eigenvalue weighted by atomic mass is 15.0. The maximum absolute atomic E-state index is 6.84. The van der Waals surface area contributed by atoms with Gasteiger partial charge in [0.25, 0.3) is 0 Å². The topological polar surface area (TPSA) is 74.6 Å². The highest BCUT2D eigenvalue weighted by Crippen LogP contribution is 1.83. The van der Waals surface area contributed by atoms with Crippen LogP contribution in [0.2, 0.25) is 0 Å². The van der Waals surface area contributed by atoms with Crippen LogP contribution >= 0.6 is 0 Å². The Labute approximate surface area is 66.1 Å². The molecule has 0 spiro atoms. The van der Waals surface area contributed by atoms with E-state index < -0.39 is 0 Å². The molecule has 0 saturated carbocycles. The molecule has 0 aliphatic rings. The van der Waals surface area contributed by atoms with Crippen molar-refractivity contribution < 1.29 is 0 Å². The van der Waals surface area contributed by atoms with Crippen molar-refractivity contribution in [2.45, 2.75) is 6.92 Å². The fourth-order valence-electron chi connectivity index (χ4n) is 0.364. The summed E-state index contributed by atoms with van der Waals surface area (Å²) in [5, 5.41) is 6.84. The lowest BCUT2D eigenvalue weighted by atomic mass is 10.2. The summed E-state index contributed by atoms with van der Waals surface area (Å²) in [6.45, 7) is 5.19. The second-order valence-electron chi connectivity index (χ2n) is 1.97. The first-order valence-corrected chi connectivity index (χ1v) is 3.19. The molecule has 0 aliphatic carbocycles. The summed E-state index contributed by atoms with van der Waals surface area (Å²) in [6, 6.07) is 0. The van der Waals surface area contributed by atoms with Gasteiger partial charge in [0.1, 0.15) is 0 Å². The molecule has 0 fully saturated rings. The molecule has 0 saturated heterocycles. The van der Waals surface area contributed by atoms with Crippen LogP contribution in [0.3, 0.4) is 0 Å². The zero-order valence-corrected chi connectivity index (χ0v) is 6.49. The monoisotopic (exact) mass is 152 g/mol. The maximum atomic E-state index is 6.84. The summed E-state index contributed by atoms with van der Waals surface area (Å²) in [5.41, 5.74) is 5.29. The number of aliphatic imine (C=N–C) groups is 2. The van der Waals surface area contributed by atoms with Crippen molar-refractivity contribution in [3.8, 4) is 0 Å². The third-order valence-corrected chi connectivity index (χ3v) is 0.928. The van der Waals surface area contributed by atoms with Gasteiger partial charge in [-0.1, -0.05) is 13.5 Å². The number of hydrogen-bond acceptors (Lipinski definition) is 2. The Hall–Kier alpha value is -1.45. The standard InChI is InChI=1S/C7H12N4/c1-3-10-7(9)11-5-6(2)4-8/h3-6,8H,1H2,2H3,(H2,9,10)/b8-4?,11-5-. The van der Waals surface area contributed by atoms with E-state index in [1.807, 2.05) is 6.92 Å². The smallest absolute Gasteiger partial charge is 0.219 e. The molecule has 0 bridgehead atoms. The van der Waals surface area contributed by atoms with Gasteiger partial charge < -0.3 is 11.1 Å². The second-order valence-corrected chi connectivity index (χ2v) is 1.97. The molecule has 3 N–H and O–H groups in total. The number of rotatable bonds is 3. The minimum Gasteiger partial charge on any atom is -0.368 e. The van der Waals surface area contributed by atoms with Crippen LogP contribution in [0.15, 0.2) is 22.8 Å². The number of nitrogens with zero attached hydrogens (tertiary/aromatic N) is 2. The van der Waals surface area contributed by atoms with Gasteiger partial charge in [0.2, 0.25) is 5.96 Å². The van der Waals surface area contributed by atoms with Crippen molar-refractivity contribution in [1.29, 1.82) is 5.41 Å². The summed E-state index contributed by atoms with van der Waals surface area (Å²) in [6.07, 6.45) is 4.14. The Kier molecular flexibility index (Phi) is 4.64. The van der Waals surface area contributed by atoms with Crippen LogP contribution in [0.25, 0.3) is 0 Å². The lowest BCUT2D eigenvalue weighted by Gasteiger charge is -1.92. The van der Waals surface area contributed by atoms with Crippen LogP contribution in [0.4, 0.5) is 0 Å². The van der Waals surface area contributed by atoms with E-state index >= 15 is 0 Å². The molecule has 0 radical (unpaired) electrons. The van der Waals surface area contributed by atoms with Gasteiger partial charge >= 0.3 is 0 Å². The van der Waals surface area contributed by atoms with Gasteiger partial charge in [0.15, 0.2) is 0 Å². The van der Waals surface area contributed by atoms with Crippen molar-refractivity contribution in [3.63, 3.8) is 0 Å². The Morgan fingerprint density at radius 1 is 1.73 bits per heavy atom. The summed E-state index contributed by atoms with van der Waals surface area (Å²) >= 11 is 0. The lowest BCUT2D eigenvalue weighted by Crippen LogP contribution is -2.09. The fourth-order valence-corrected chi connectivity index (χ4v) is 0.364. The van der Waals surface area contributed by atoms with E-state index in [0.717, 1.165) is 0 Å². The minimum absolute atomic E-state index is 0.00596. The van der Waals surface area contributed by atoms with Crippen molar-refractivity contribution in [2.75, 3.05) is 0 Å². The molecule has 0 rings (SSSR count). The fraction of sp³-hybridized carbons (Fsp3) is 0.286. The second kappa shape index (κ2) is 5.34. The number of guanidine groups is 1. The van der Waals surface area contributed by atoms with Gasteiger partial charge in [0.05, 0.1) is 0 Å². The average Bonchev–Trinajstić information content (AvgIpc) is 2.01. The predicted molar refractivity (Wildman–Crippen MR) is 48.3 cm³/mol. The Balaban J connectivity index is 4.01. The molecule has 0 aromatic rings. The number of nitrogens with one attached hydrogen (secondary N) is 1. The normalized spacial score (nSPS) is 14.8. The van der Waals surface area contributed by atoms with Gasteiger partial charge in [-0.15, -0.1) is 0 Å². The van der Waals surface area contributed by atoms with Crippen LogP contribution in [0.5, 0.6) is 0 Å². The molecule has 0 heterocycles. The summed E-state index contributed by atoms with van der Waals surface area (Å²) in [4.78, 5) is 7.38. The van der Waals surface area contributed by atoms with Crippen molar-refractivity contribution >= 4 is 18.4 Å².